The van der Waals surface area contributed by atoms with Gasteiger partial charge < -0.3 is 24.4 Å². The van der Waals surface area contributed by atoms with Gasteiger partial charge in [-0.15, -0.1) is 0 Å². The second-order valence-electron chi connectivity index (χ2n) is 9.30. The molecule has 176 valence electrons. The Balaban J connectivity index is 1.15. The van der Waals surface area contributed by atoms with Gasteiger partial charge in [0.15, 0.2) is 24.7 Å². The van der Waals surface area contributed by atoms with Crippen LogP contribution in [0, 0.1) is 5.92 Å². The first kappa shape index (κ1) is 23.0. The first-order valence-corrected chi connectivity index (χ1v) is 11.6. The number of piperidine rings is 1. The summed E-state index contributed by atoms with van der Waals surface area (Å²) in [4.78, 5) is 26.5. The van der Waals surface area contributed by atoms with Gasteiger partial charge in [0.1, 0.15) is 11.4 Å². The highest BCUT2D eigenvalue weighted by molar-refractivity contribution is 5.78. The molecule has 1 N–H and O–H groups in total. The average molecular weight is 453 g/mol. The van der Waals surface area contributed by atoms with E-state index in [9.17, 15) is 9.59 Å². The number of amides is 2. The summed E-state index contributed by atoms with van der Waals surface area (Å²) in [5.41, 5.74) is 0.849. The minimum absolute atomic E-state index is 0.00414. The minimum atomic E-state index is -0.256. The number of carbonyl (C=O) groups is 2. The van der Waals surface area contributed by atoms with Crippen LogP contribution in [0.5, 0.6) is 17.2 Å². The maximum Gasteiger partial charge on any atom is 0.260 e. The van der Waals surface area contributed by atoms with Crippen LogP contribution in [0.3, 0.4) is 0 Å². The molecular weight excluding hydrogens is 420 g/mol. The number of nitrogens with one attached hydrogen (secondary N) is 1. The van der Waals surface area contributed by atoms with Crippen molar-refractivity contribution in [2.45, 2.75) is 38.7 Å². The zero-order valence-electron chi connectivity index (χ0n) is 19.3. The van der Waals surface area contributed by atoms with Gasteiger partial charge >= 0.3 is 0 Å². The van der Waals surface area contributed by atoms with Crippen molar-refractivity contribution in [1.82, 2.24) is 10.2 Å². The SMILES string of the molecule is CC1(C)Cc2cccc(OCC(=O)NCC3CCN(C(=O)COc4ccccc4)CC3)c2O1. The fourth-order valence-corrected chi connectivity index (χ4v) is 4.29. The van der Waals surface area contributed by atoms with Gasteiger partial charge in [-0.3, -0.25) is 9.59 Å². The van der Waals surface area contributed by atoms with Gasteiger partial charge in [-0.25, -0.2) is 0 Å². The predicted molar refractivity (Wildman–Crippen MR) is 125 cm³/mol. The van der Waals surface area contributed by atoms with Crippen molar-refractivity contribution in [3.05, 3.63) is 54.1 Å². The Morgan fingerprint density at radius 1 is 1.03 bits per heavy atom. The van der Waals surface area contributed by atoms with E-state index in [2.05, 4.69) is 5.32 Å². The molecule has 2 aliphatic heterocycles. The van der Waals surface area contributed by atoms with E-state index in [1.807, 2.05) is 67.3 Å². The van der Waals surface area contributed by atoms with Crippen molar-refractivity contribution in [2.75, 3.05) is 32.8 Å². The molecule has 0 radical (unpaired) electrons. The first-order valence-electron chi connectivity index (χ1n) is 11.6. The van der Waals surface area contributed by atoms with Crippen LogP contribution in [0.25, 0.3) is 0 Å². The molecular formula is C26H32N2O5. The predicted octanol–water partition coefficient (Wildman–Crippen LogP) is 3.21. The Kier molecular flexibility index (Phi) is 7.06. The lowest BCUT2D eigenvalue weighted by atomic mass is 9.97. The van der Waals surface area contributed by atoms with E-state index in [4.69, 9.17) is 14.2 Å². The van der Waals surface area contributed by atoms with Gasteiger partial charge in [0, 0.05) is 31.6 Å². The minimum Gasteiger partial charge on any atom is -0.484 e. The molecule has 0 aliphatic carbocycles. The molecule has 2 aromatic rings. The molecule has 7 heteroatoms. The summed E-state index contributed by atoms with van der Waals surface area (Å²) in [7, 11) is 0. The number of carbonyl (C=O) groups excluding carboxylic acids is 2. The van der Waals surface area contributed by atoms with E-state index in [0.29, 0.717) is 37.1 Å². The largest absolute Gasteiger partial charge is 0.484 e. The average Bonchev–Trinajstić information content (AvgIpc) is 3.15. The van der Waals surface area contributed by atoms with Crippen molar-refractivity contribution < 1.29 is 23.8 Å². The maximum atomic E-state index is 12.4. The highest BCUT2D eigenvalue weighted by atomic mass is 16.5. The number of fused-ring (bicyclic) bond motifs is 1. The zero-order valence-corrected chi connectivity index (χ0v) is 19.3. The summed E-state index contributed by atoms with van der Waals surface area (Å²) in [6.45, 7) is 6.02. The van der Waals surface area contributed by atoms with E-state index in [1.165, 1.54) is 0 Å². The highest BCUT2D eigenvalue weighted by Gasteiger charge is 2.32. The standard InChI is InChI=1S/C26H32N2O5/c1-26(2)15-20-7-6-10-22(25(20)33-26)32-17-23(29)27-16-19-11-13-28(14-12-19)24(30)18-31-21-8-4-3-5-9-21/h3-10,19H,11-18H2,1-2H3,(H,27,29). The number of hydrogen-bond acceptors (Lipinski definition) is 5. The van der Waals surface area contributed by atoms with Crippen molar-refractivity contribution in [3.8, 4) is 17.2 Å². The summed E-state index contributed by atoms with van der Waals surface area (Å²) in [6.07, 6.45) is 2.53. The Morgan fingerprint density at radius 2 is 1.79 bits per heavy atom. The summed E-state index contributed by atoms with van der Waals surface area (Å²) < 4.78 is 17.3. The molecule has 2 heterocycles. The van der Waals surface area contributed by atoms with E-state index in [1.54, 1.807) is 0 Å². The molecule has 0 bridgehead atoms. The van der Waals surface area contributed by atoms with Crippen LogP contribution < -0.4 is 19.5 Å². The van der Waals surface area contributed by atoms with Crippen molar-refractivity contribution in [1.29, 1.82) is 0 Å². The maximum absolute atomic E-state index is 12.4. The molecule has 1 saturated heterocycles. The lowest BCUT2D eigenvalue weighted by Crippen LogP contribution is -2.43. The topological polar surface area (TPSA) is 77.1 Å². The third-order valence-electron chi connectivity index (χ3n) is 6.07. The number of benzene rings is 2. The Hall–Kier alpha value is -3.22. The first-order chi connectivity index (χ1) is 15.9. The zero-order chi connectivity index (χ0) is 23.3. The Bertz CT molecular complexity index is 968. The molecule has 1 fully saturated rings. The monoisotopic (exact) mass is 452 g/mol. The van der Waals surface area contributed by atoms with E-state index >= 15 is 0 Å². The third kappa shape index (κ3) is 6.18. The summed E-state index contributed by atoms with van der Waals surface area (Å²) in [5, 5.41) is 2.96. The summed E-state index contributed by atoms with van der Waals surface area (Å²) >= 11 is 0. The molecule has 0 aromatic heterocycles. The third-order valence-corrected chi connectivity index (χ3v) is 6.07. The van der Waals surface area contributed by atoms with Crippen molar-refractivity contribution in [2.24, 2.45) is 5.92 Å². The Labute approximate surface area is 195 Å². The molecule has 2 amide bonds. The number of rotatable bonds is 8. The van der Waals surface area contributed by atoms with Gasteiger partial charge in [-0.1, -0.05) is 30.3 Å². The smallest absolute Gasteiger partial charge is 0.260 e. The van der Waals surface area contributed by atoms with E-state index in [-0.39, 0.29) is 30.6 Å². The second kappa shape index (κ2) is 10.1. The van der Waals surface area contributed by atoms with Gasteiger partial charge in [0.25, 0.3) is 11.8 Å². The summed E-state index contributed by atoms with van der Waals surface area (Å²) in [6, 6.07) is 15.1. The molecule has 0 saturated carbocycles. The fraction of sp³-hybridized carbons (Fsp3) is 0.462. The fourth-order valence-electron chi connectivity index (χ4n) is 4.29. The number of nitrogens with zero attached hydrogens (tertiary/aromatic N) is 1. The molecule has 0 atom stereocenters. The summed E-state index contributed by atoms with van der Waals surface area (Å²) in [5.74, 6) is 2.23. The normalized spacial score (nSPS) is 17.1. The number of ether oxygens (including phenoxy) is 3. The van der Waals surface area contributed by atoms with Crippen molar-refractivity contribution in [3.63, 3.8) is 0 Å². The van der Waals surface area contributed by atoms with Crippen LogP contribution in [0.2, 0.25) is 0 Å². The van der Waals surface area contributed by atoms with Crippen LogP contribution in [0.4, 0.5) is 0 Å². The molecule has 0 spiro atoms. The molecule has 0 unspecified atom stereocenters. The van der Waals surface area contributed by atoms with Gasteiger partial charge in [0.2, 0.25) is 0 Å². The highest BCUT2D eigenvalue weighted by Crippen LogP contribution is 2.41. The van der Waals surface area contributed by atoms with Gasteiger partial charge in [0.05, 0.1) is 0 Å². The number of para-hydroxylation sites is 2. The van der Waals surface area contributed by atoms with Crippen LogP contribution in [-0.2, 0) is 16.0 Å². The van der Waals surface area contributed by atoms with Crippen LogP contribution >= 0.6 is 0 Å². The second-order valence-corrected chi connectivity index (χ2v) is 9.30. The number of likely N-dealkylation sites (tertiary alicyclic amines) is 1. The number of hydrogen-bond donors (Lipinski definition) is 1. The van der Waals surface area contributed by atoms with Gasteiger partial charge in [-0.2, -0.15) is 0 Å². The molecule has 2 aliphatic rings. The quantitative estimate of drug-likeness (QED) is 0.666. The molecule has 7 nitrogen and oxygen atoms in total. The lowest BCUT2D eigenvalue weighted by Gasteiger charge is -2.32. The molecule has 33 heavy (non-hydrogen) atoms. The molecule has 4 rings (SSSR count). The van der Waals surface area contributed by atoms with E-state index < -0.39 is 0 Å². The van der Waals surface area contributed by atoms with Gasteiger partial charge in [-0.05, 0) is 50.8 Å². The van der Waals surface area contributed by atoms with Crippen molar-refractivity contribution >= 4 is 11.8 Å². The van der Waals surface area contributed by atoms with Crippen LogP contribution in [0.1, 0.15) is 32.3 Å². The lowest BCUT2D eigenvalue weighted by molar-refractivity contribution is -0.135. The Morgan fingerprint density at radius 3 is 2.55 bits per heavy atom. The van der Waals surface area contributed by atoms with Crippen LogP contribution in [-0.4, -0.2) is 55.2 Å². The molecule has 2 aromatic carbocycles. The van der Waals surface area contributed by atoms with E-state index in [0.717, 1.165) is 30.6 Å². The van der Waals surface area contributed by atoms with Crippen LogP contribution in [0.15, 0.2) is 48.5 Å².